The number of aromatic nitrogens is 2. The number of pyridine rings is 1. The van der Waals surface area contributed by atoms with Gasteiger partial charge in [-0.2, -0.15) is 0 Å². The first-order valence-electron chi connectivity index (χ1n) is 6.65. The van der Waals surface area contributed by atoms with Crippen LogP contribution in [0.2, 0.25) is 0 Å². The van der Waals surface area contributed by atoms with Crippen LogP contribution in [0, 0.1) is 6.92 Å². The van der Waals surface area contributed by atoms with E-state index < -0.39 is 0 Å². The van der Waals surface area contributed by atoms with Gasteiger partial charge in [0, 0.05) is 31.4 Å². The number of amides is 1. The molecule has 2 aromatic heterocycles. The Morgan fingerprint density at radius 3 is 2.90 bits per heavy atom. The van der Waals surface area contributed by atoms with E-state index in [2.05, 4.69) is 10.1 Å². The van der Waals surface area contributed by atoms with E-state index in [1.54, 1.807) is 25.1 Å². The van der Waals surface area contributed by atoms with Crippen molar-refractivity contribution in [2.75, 3.05) is 7.05 Å². The highest BCUT2D eigenvalue weighted by Crippen LogP contribution is 2.19. The van der Waals surface area contributed by atoms with Crippen LogP contribution in [0.3, 0.4) is 0 Å². The van der Waals surface area contributed by atoms with Crippen molar-refractivity contribution in [2.24, 2.45) is 0 Å². The Morgan fingerprint density at radius 1 is 1.29 bits per heavy atom. The monoisotopic (exact) mass is 281 g/mol. The van der Waals surface area contributed by atoms with Crippen molar-refractivity contribution in [1.29, 1.82) is 0 Å². The van der Waals surface area contributed by atoms with Crippen molar-refractivity contribution in [3.8, 4) is 0 Å². The molecule has 0 bridgehead atoms. The van der Waals surface area contributed by atoms with E-state index in [-0.39, 0.29) is 5.91 Å². The second-order valence-electron chi connectivity index (χ2n) is 4.97. The van der Waals surface area contributed by atoms with Gasteiger partial charge in [0.2, 0.25) is 0 Å². The first kappa shape index (κ1) is 13.3. The molecule has 1 amide bonds. The summed E-state index contributed by atoms with van der Waals surface area (Å²) in [6, 6.07) is 7.97. The van der Waals surface area contributed by atoms with Gasteiger partial charge in [-0.25, -0.2) is 0 Å². The molecule has 0 spiro atoms. The van der Waals surface area contributed by atoms with E-state index in [4.69, 9.17) is 4.52 Å². The molecule has 0 aliphatic carbocycles. The number of carbonyl (C=O) groups is 1. The Kier molecular flexibility index (Phi) is 3.39. The molecule has 3 aromatic rings. The second kappa shape index (κ2) is 5.36. The van der Waals surface area contributed by atoms with Gasteiger partial charge in [-0.1, -0.05) is 23.4 Å². The summed E-state index contributed by atoms with van der Waals surface area (Å²) in [7, 11) is 1.77. The van der Waals surface area contributed by atoms with Gasteiger partial charge in [0.1, 0.15) is 11.3 Å². The maximum Gasteiger partial charge on any atom is 0.259 e. The molecule has 21 heavy (non-hydrogen) atoms. The van der Waals surface area contributed by atoms with E-state index in [9.17, 15) is 4.79 Å². The molecule has 2 heterocycles. The standard InChI is InChI=1S/C16H15N3O2/c1-11-15(9-18-21-11)16(20)19(2)10-13-5-3-4-12-8-17-7-6-14(12)13/h3-9H,10H2,1-2H3. The van der Waals surface area contributed by atoms with E-state index in [0.29, 0.717) is 17.9 Å². The van der Waals surface area contributed by atoms with Crippen LogP contribution >= 0.6 is 0 Å². The molecule has 0 fully saturated rings. The highest BCUT2D eigenvalue weighted by Gasteiger charge is 2.18. The minimum atomic E-state index is -0.0974. The zero-order valence-corrected chi connectivity index (χ0v) is 11.9. The summed E-state index contributed by atoms with van der Waals surface area (Å²) in [6.45, 7) is 2.25. The zero-order chi connectivity index (χ0) is 14.8. The Morgan fingerprint density at radius 2 is 2.14 bits per heavy atom. The van der Waals surface area contributed by atoms with Crippen LogP contribution in [0.15, 0.2) is 47.4 Å². The van der Waals surface area contributed by atoms with Gasteiger partial charge >= 0.3 is 0 Å². The molecule has 5 nitrogen and oxygen atoms in total. The highest BCUT2D eigenvalue weighted by molar-refractivity contribution is 5.95. The van der Waals surface area contributed by atoms with Crippen molar-refractivity contribution in [2.45, 2.75) is 13.5 Å². The molecule has 3 rings (SSSR count). The molecular formula is C16H15N3O2. The van der Waals surface area contributed by atoms with Crippen molar-refractivity contribution in [3.05, 3.63) is 59.7 Å². The van der Waals surface area contributed by atoms with Crippen molar-refractivity contribution < 1.29 is 9.32 Å². The van der Waals surface area contributed by atoms with Crippen LogP contribution in [0.5, 0.6) is 0 Å². The zero-order valence-electron chi connectivity index (χ0n) is 11.9. The quantitative estimate of drug-likeness (QED) is 0.740. The van der Waals surface area contributed by atoms with Crippen LogP contribution in [0.25, 0.3) is 10.8 Å². The third-order valence-corrected chi connectivity index (χ3v) is 3.51. The van der Waals surface area contributed by atoms with Gasteiger partial charge in [0.25, 0.3) is 5.91 Å². The fraction of sp³-hybridized carbons (Fsp3) is 0.188. The lowest BCUT2D eigenvalue weighted by Gasteiger charge is -2.17. The predicted molar refractivity (Wildman–Crippen MR) is 78.8 cm³/mol. The third kappa shape index (κ3) is 2.50. The molecule has 5 heteroatoms. The SMILES string of the molecule is Cc1oncc1C(=O)N(C)Cc1cccc2cnccc12. The third-order valence-electron chi connectivity index (χ3n) is 3.51. The second-order valence-corrected chi connectivity index (χ2v) is 4.97. The van der Waals surface area contributed by atoms with Crippen molar-refractivity contribution in [1.82, 2.24) is 15.0 Å². The number of nitrogens with zero attached hydrogens (tertiary/aromatic N) is 3. The van der Waals surface area contributed by atoms with E-state index in [1.807, 2.05) is 30.5 Å². The Labute approximate surface area is 122 Å². The minimum absolute atomic E-state index is 0.0974. The maximum atomic E-state index is 12.4. The smallest absolute Gasteiger partial charge is 0.259 e. The Balaban J connectivity index is 1.88. The lowest BCUT2D eigenvalue weighted by Crippen LogP contribution is -2.26. The largest absolute Gasteiger partial charge is 0.361 e. The maximum absolute atomic E-state index is 12.4. The molecule has 0 aliphatic rings. The minimum Gasteiger partial charge on any atom is -0.361 e. The lowest BCUT2D eigenvalue weighted by atomic mass is 10.1. The summed E-state index contributed by atoms with van der Waals surface area (Å²) >= 11 is 0. The summed E-state index contributed by atoms with van der Waals surface area (Å²) in [6.07, 6.45) is 5.05. The van der Waals surface area contributed by atoms with E-state index >= 15 is 0 Å². The number of aryl methyl sites for hydroxylation is 1. The lowest BCUT2D eigenvalue weighted by molar-refractivity contribution is 0.0784. The van der Waals surface area contributed by atoms with Crippen LogP contribution in [-0.4, -0.2) is 28.0 Å². The average Bonchev–Trinajstić information content (AvgIpc) is 2.93. The molecule has 0 unspecified atom stereocenters. The molecule has 0 saturated carbocycles. The van der Waals surface area contributed by atoms with E-state index in [1.165, 1.54) is 6.20 Å². The van der Waals surface area contributed by atoms with Crippen LogP contribution in [0.4, 0.5) is 0 Å². The average molecular weight is 281 g/mol. The first-order valence-corrected chi connectivity index (χ1v) is 6.65. The van der Waals surface area contributed by atoms with Gasteiger partial charge in [-0.05, 0) is 23.9 Å². The molecular weight excluding hydrogens is 266 g/mol. The fourth-order valence-corrected chi connectivity index (χ4v) is 2.36. The molecule has 0 atom stereocenters. The van der Waals surface area contributed by atoms with E-state index in [0.717, 1.165) is 16.3 Å². The summed E-state index contributed by atoms with van der Waals surface area (Å²) in [5, 5.41) is 5.82. The molecule has 0 N–H and O–H groups in total. The first-order chi connectivity index (χ1) is 10.2. The van der Waals surface area contributed by atoms with Gasteiger partial charge < -0.3 is 9.42 Å². The van der Waals surface area contributed by atoms with Crippen LogP contribution < -0.4 is 0 Å². The number of hydrogen-bond acceptors (Lipinski definition) is 4. The Hall–Kier alpha value is -2.69. The van der Waals surface area contributed by atoms with Gasteiger partial charge in [-0.3, -0.25) is 9.78 Å². The number of benzene rings is 1. The molecule has 0 aliphatic heterocycles. The summed E-state index contributed by atoms with van der Waals surface area (Å²) in [5.41, 5.74) is 1.58. The van der Waals surface area contributed by atoms with Crippen molar-refractivity contribution >= 4 is 16.7 Å². The number of rotatable bonds is 3. The van der Waals surface area contributed by atoms with Gasteiger partial charge in [-0.15, -0.1) is 0 Å². The molecule has 1 aromatic carbocycles. The van der Waals surface area contributed by atoms with Gasteiger partial charge in [0.15, 0.2) is 0 Å². The van der Waals surface area contributed by atoms with Crippen LogP contribution in [0.1, 0.15) is 21.7 Å². The number of hydrogen-bond donors (Lipinski definition) is 0. The topological polar surface area (TPSA) is 59.2 Å². The highest BCUT2D eigenvalue weighted by atomic mass is 16.5. The fourth-order valence-electron chi connectivity index (χ4n) is 2.36. The predicted octanol–water partition coefficient (Wildman–Crippen LogP) is 2.80. The number of fused-ring (bicyclic) bond motifs is 1. The molecule has 106 valence electrons. The summed E-state index contributed by atoms with van der Waals surface area (Å²) in [5.74, 6) is 0.439. The molecule has 0 saturated heterocycles. The van der Waals surface area contributed by atoms with Crippen LogP contribution in [-0.2, 0) is 6.54 Å². The normalized spacial score (nSPS) is 10.8. The summed E-state index contributed by atoms with van der Waals surface area (Å²) < 4.78 is 4.95. The van der Waals surface area contributed by atoms with Gasteiger partial charge in [0.05, 0.1) is 6.20 Å². The number of carbonyl (C=O) groups excluding carboxylic acids is 1. The summed E-state index contributed by atoms with van der Waals surface area (Å²) in [4.78, 5) is 18.2. The van der Waals surface area contributed by atoms with Crippen molar-refractivity contribution in [3.63, 3.8) is 0 Å². The molecule has 0 radical (unpaired) electrons. The Bertz CT molecular complexity index is 790.